The van der Waals surface area contributed by atoms with E-state index in [2.05, 4.69) is 20.8 Å². The number of rotatable bonds is 9. The third-order valence-corrected chi connectivity index (χ3v) is 4.80. The van der Waals surface area contributed by atoms with Gasteiger partial charge in [-0.2, -0.15) is 0 Å². The first-order chi connectivity index (χ1) is 10.5. The van der Waals surface area contributed by atoms with Crippen molar-refractivity contribution in [2.24, 2.45) is 5.41 Å². The molecule has 3 heteroatoms. The predicted octanol–water partition coefficient (Wildman–Crippen LogP) is 4.21. The summed E-state index contributed by atoms with van der Waals surface area (Å²) in [6, 6.07) is 9.87. The molecule has 1 rings (SSSR count). The van der Waals surface area contributed by atoms with Crippen LogP contribution in [0.2, 0.25) is 0 Å². The average Bonchev–Trinajstić information content (AvgIpc) is 2.53. The molecule has 0 aromatic heterocycles. The SMILES string of the molecule is CCC(CC)(CC)C(C(=O)O)=C(CCO)Cc1ccccc1. The Hall–Kier alpha value is -1.61. The third-order valence-electron chi connectivity index (χ3n) is 4.80. The highest BCUT2D eigenvalue weighted by Gasteiger charge is 2.35. The maximum atomic E-state index is 12.0. The van der Waals surface area contributed by atoms with Gasteiger partial charge in [0.25, 0.3) is 0 Å². The fraction of sp³-hybridized carbons (Fsp3) is 0.526. The fourth-order valence-electron chi connectivity index (χ4n) is 3.31. The van der Waals surface area contributed by atoms with Crippen molar-refractivity contribution in [3.8, 4) is 0 Å². The number of aliphatic hydroxyl groups is 1. The van der Waals surface area contributed by atoms with Crippen molar-refractivity contribution >= 4 is 5.97 Å². The van der Waals surface area contributed by atoms with Gasteiger partial charge in [-0.3, -0.25) is 0 Å². The van der Waals surface area contributed by atoms with Gasteiger partial charge in [-0.15, -0.1) is 0 Å². The van der Waals surface area contributed by atoms with Crippen LogP contribution in [0.4, 0.5) is 0 Å². The molecule has 2 N–H and O–H groups in total. The van der Waals surface area contributed by atoms with Gasteiger partial charge < -0.3 is 10.2 Å². The second kappa shape index (κ2) is 8.74. The van der Waals surface area contributed by atoms with Crippen LogP contribution in [-0.2, 0) is 11.2 Å². The Kier molecular flexibility index (Phi) is 7.33. The Bertz CT molecular complexity index is 490. The molecule has 0 unspecified atom stereocenters. The summed E-state index contributed by atoms with van der Waals surface area (Å²) >= 11 is 0. The molecule has 0 atom stereocenters. The van der Waals surface area contributed by atoms with Gasteiger partial charge in [-0.1, -0.05) is 56.7 Å². The minimum Gasteiger partial charge on any atom is -0.478 e. The lowest BCUT2D eigenvalue weighted by Gasteiger charge is -2.33. The van der Waals surface area contributed by atoms with Crippen molar-refractivity contribution in [3.05, 3.63) is 47.0 Å². The number of carboxylic acid groups (broad SMARTS) is 1. The summed E-state index contributed by atoms with van der Waals surface area (Å²) in [5, 5.41) is 19.2. The summed E-state index contributed by atoms with van der Waals surface area (Å²) < 4.78 is 0. The first-order valence-corrected chi connectivity index (χ1v) is 8.15. The van der Waals surface area contributed by atoms with Gasteiger partial charge in [0.1, 0.15) is 0 Å². The largest absolute Gasteiger partial charge is 0.478 e. The molecule has 1 aromatic rings. The van der Waals surface area contributed by atoms with Crippen molar-refractivity contribution in [2.75, 3.05) is 6.61 Å². The Balaban J connectivity index is 3.38. The monoisotopic (exact) mass is 304 g/mol. The van der Waals surface area contributed by atoms with E-state index in [9.17, 15) is 15.0 Å². The standard InChI is InChI=1S/C19H28O3/c1-4-19(5-2,6-3)17(18(21)22)16(12-13-20)14-15-10-8-7-9-11-15/h7-11,20H,4-6,12-14H2,1-3H3,(H,21,22). The van der Waals surface area contributed by atoms with Gasteiger partial charge in [0.2, 0.25) is 0 Å². The highest BCUT2D eigenvalue weighted by atomic mass is 16.4. The first-order valence-electron chi connectivity index (χ1n) is 8.15. The van der Waals surface area contributed by atoms with Crippen LogP contribution in [0.25, 0.3) is 0 Å². The molecule has 0 spiro atoms. The van der Waals surface area contributed by atoms with Crippen molar-refractivity contribution in [3.63, 3.8) is 0 Å². The minimum atomic E-state index is -0.843. The summed E-state index contributed by atoms with van der Waals surface area (Å²) in [5.74, 6) is -0.843. The van der Waals surface area contributed by atoms with E-state index >= 15 is 0 Å². The molecule has 0 radical (unpaired) electrons. The number of aliphatic hydroxyl groups excluding tert-OH is 1. The van der Waals surface area contributed by atoms with Crippen LogP contribution in [-0.4, -0.2) is 22.8 Å². The Morgan fingerprint density at radius 1 is 1.05 bits per heavy atom. The average molecular weight is 304 g/mol. The summed E-state index contributed by atoms with van der Waals surface area (Å²) in [5.41, 5.74) is 2.14. The lowest BCUT2D eigenvalue weighted by atomic mass is 9.70. The second-order valence-corrected chi connectivity index (χ2v) is 5.76. The Morgan fingerprint density at radius 2 is 1.59 bits per heavy atom. The van der Waals surface area contributed by atoms with Crippen molar-refractivity contribution in [1.29, 1.82) is 0 Å². The molecule has 0 aliphatic heterocycles. The molecule has 0 fully saturated rings. The molecule has 0 aliphatic rings. The van der Waals surface area contributed by atoms with E-state index in [0.717, 1.165) is 30.4 Å². The molecule has 0 saturated carbocycles. The molecule has 1 aromatic carbocycles. The molecule has 0 amide bonds. The number of aliphatic carboxylic acids is 1. The van der Waals surface area contributed by atoms with E-state index in [1.54, 1.807) is 0 Å². The highest BCUT2D eigenvalue weighted by Crippen LogP contribution is 2.41. The molecule has 0 bridgehead atoms. The number of benzene rings is 1. The zero-order chi connectivity index (χ0) is 16.6. The van der Waals surface area contributed by atoms with Crippen LogP contribution in [0, 0.1) is 5.41 Å². The zero-order valence-corrected chi connectivity index (χ0v) is 13.9. The summed E-state index contributed by atoms with van der Waals surface area (Å²) in [6.45, 7) is 6.13. The number of carbonyl (C=O) groups is 1. The molecule has 0 heterocycles. The van der Waals surface area contributed by atoms with Crippen LogP contribution >= 0.6 is 0 Å². The number of hydrogen-bond acceptors (Lipinski definition) is 2. The molecule has 122 valence electrons. The molecular weight excluding hydrogens is 276 g/mol. The molecular formula is C19H28O3. The second-order valence-electron chi connectivity index (χ2n) is 5.76. The molecule has 0 saturated heterocycles. The van der Waals surface area contributed by atoms with E-state index in [-0.39, 0.29) is 12.0 Å². The topological polar surface area (TPSA) is 57.5 Å². The van der Waals surface area contributed by atoms with E-state index in [0.29, 0.717) is 18.4 Å². The Labute approximate surface area is 133 Å². The fourth-order valence-corrected chi connectivity index (χ4v) is 3.31. The normalized spacial score (nSPS) is 12.9. The summed E-state index contributed by atoms with van der Waals surface area (Å²) in [6.07, 6.45) is 3.39. The molecule has 22 heavy (non-hydrogen) atoms. The van der Waals surface area contributed by atoms with Gasteiger partial charge in [-0.25, -0.2) is 4.79 Å². The molecule has 0 aliphatic carbocycles. The maximum absolute atomic E-state index is 12.0. The van der Waals surface area contributed by atoms with Crippen LogP contribution in [0.15, 0.2) is 41.5 Å². The Morgan fingerprint density at radius 3 is 2.00 bits per heavy atom. The smallest absolute Gasteiger partial charge is 0.332 e. The number of hydrogen-bond donors (Lipinski definition) is 2. The van der Waals surface area contributed by atoms with Gasteiger partial charge in [0.15, 0.2) is 0 Å². The van der Waals surface area contributed by atoms with Crippen LogP contribution in [0.3, 0.4) is 0 Å². The lowest BCUT2D eigenvalue weighted by molar-refractivity contribution is -0.134. The van der Waals surface area contributed by atoms with Crippen LogP contribution in [0.1, 0.15) is 52.0 Å². The maximum Gasteiger partial charge on any atom is 0.332 e. The minimum absolute atomic E-state index is 0.0217. The van der Waals surface area contributed by atoms with Crippen molar-refractivity contribution < 1.29 is 15.0 Å². The molecule has 3 nitrogen and oxygen atoms in total. The first kappa shape index (κ1) is 18.4. The van der Waals surface area contributed by atoms with Crippen molar-refractivity contribution in [1.82, 2.24) is 0 Å². The van der Waals surface area contributed by atoms with Crippen molar-refractivity contribution in [2.45, 2.75) is 52.9 Å². The van der Waals surface area contributed by atoms with Gasteiger partial charge in [0.05, 0.1) is 0 Å². The quantitative estimate of drug-likeness (QED) is 0.672. The van der Waals surface area contributed by atoms with Gasteiger partial charge in [0, 0.05) is 17.6 Å². The lowest BCUT2D eigenvalue weighted by Crippen LogP contribution is -2.28. The summed E-state index contributed by atoms with van der Waals surface area (Å²) in [7, 11) is 0. The van der Waals surface area contributed by atoms with Crippen LogP contribution in [0.5, 0.6) is 0 Å². The van der Waals surface area contributed by atoms with Gasteiger partial charge >= 0.3 is 5.97 Å². The van der Waals surface area contributed by atoms with E-state index in [4.69, 9.17) is 0 Å². The van der Waals surface area contributed by atoms with E-state index in [1.807, 2.05) is 30.3 Å². The zero-order valence-electron chi connectivity index (χ0n) is 13.9. The van der Waals surface area contributed by atoms with Gasteiger partial charge in [-0.05, 0) is 37.7 Å². The highest BCUT2D eigenvalue weighted by molar-refractivity contribution is 5.89. The summed E-state index contributed by atoms with van der Waals surface area (Å²) in [4.78, 5) is 12.0. The van der Waals surface area contributed by atoms with E-state index < -0.39 is 5.97 Å². The predicted molar refractivity (Wildman–Crippen MR) is 89.8 cm³/mol. The third kappa shape index (κ3) is 4.20. The van der Waals surface area contributed by atoms with Crippen LogP contribution < -0.4 is 0 Å². The number of carboxylic acids is 1. The van der Waals surface area contributed by atoms with E-state index in [1.165, 1.54) is 0 Å².